The van der Waals surface area contributed by atoms with Crippen LogP contribution in [0.4, 0.5) is 10.6 Å². The number of urea groups is 1. The highest BCUT2D eigenvalue weighted by molar-refractivity contribution is 6.30. The van der Waals surface area contributed by atoms with E-state index in [9.17, 15) is 9.59 Å². The molecule has 3 aliphatic rings. The predicted molar refractivity (Wildman–Crippen MR) is 132 cm³/mol. The number of carbonyl (C=O) groups excluding carboxylic acids is 2. The Morgan fingerprint density at radius 3 is 2.53 bits per heavy atom. The van der Waals surface area contributed by atoms with Gasteiger partial charge in [0.25, 0.3) is 5.91 Å². The summed E-state index contributed by atoms with van der Waals surface area (Å²) in [5, 5.41) is 10.9. The number of rotatable bonds is 3. The topological polar surface area (TPSA) is 84.6 Å². The number of amides is 3. The number of halogens is 1. The van der Waals surface area contributed by atoms with Gasteiger partial charge in [0.2, 0.25) is 0 Å². The number of aromatic nitrogens is 2. The lowest BCUT2D eigenvalue weighted by Gasteiger charge is -2.44. The first-order valence-corrected chi connectivity index (χ1v) is 12.6. The van der Waals surface area contributed by atoms with Crippen LogP contribution in [0, 0.1) is 0 Å². The number of anilines is 1. The molecule has 2 atom stereocenters. The fourth-order valence-electron chi connectivity index (χ4n) is 5.73. The Hall–Kier alpha value is -2.58. The van der Waals surface area contributed by atoms with E-state index in [-0.39, 0.29) is 18.0 Å². The molecule has 5 rings (SSSR count). The van der Waals surface area contributed by atoms with Crippen LogP contribution in [0.25, 0.3) is 0 Å². The summed E-state index contributed by atoms with van der Waals surface area (Å²) in [6, 6.07) is 7.56. The second kappa shape index (κ2) is 8.89. The van der Waals surface area contributed by atoms with Crippen LogP contribution in [-0.4, -0.2) is 68.6 Å². The van der Waals surface area contributed by atoms with Gasteiger partial charge in [-0.25, -0.2) is 4.79 Å². The molecule has 0 bridgehead atoms. The number of hydrogen-bond donors (Lipinski definition) is 2. The smallest absolute Gasteiger partial charge is 0.321 e. The van der Waals surface area contributed by atoms with Crippen LogP contribution in [0.2, 0.25) is 5.02 Å². The number of nitrogens with zero attached hydrogens (tertiary/aromatic N) is 4. The normalized spacial score (nSPS) is 24.4. The Morgan fingerprint density at radius 1 is 1.15 bits per heavy atom. The Morgan fingerprint density at radius 2 is 1.85 bits per heavy atom. The van der Waals surface area contributed by atoms with Gasteiger partial charge in [0.15, 0.2) is 5.82 Å². The highest BCUT2D eigenvalue weighted by Gasteiger charge is 2.46. The van der Waals surface area contributed by atoms with E-state index in [1.165, 1.54) is 25.9 Å². The molecule has 0 spiro atoms. The van der Waals surface area contributed by atoms with Crippen molar-refractivity contribution >= 4 is 29.4 Å². The zero-order valence-corrected chi connectivity index (χ0v) is 20.9. The molecule has 1 aromatic heterocycles. The van der Waals surface area contributed by atoms with E-state index < -0.39 is 5.54 Å². The molecule has 1 aromatic carbocycles. The highest BCUT2D eigenvalue weighted by Crippen LogP contribution is 2.42. The van der Waals surface area contributed by atoms with Crippen molar-refractivity contribution in [2.75, 3.05) is 25.0 Å². The maximum Gasteiger partial charge on any atom is 0.321 e. The van der Waals surface area contributed by atoms with Gasteiger partial charge in [-0.15, -0.1) is 0 Å². The second-order valence-electron chi connectivity index (χ2n) is 10.3. The molecule has 2 unspecified atom stereocenters. The molecule has 9 heteroatoms. The molecule has 0 saturated carbocycles. The maximum absolute atomic E-state index is 13.7. The maximum atomic E-state index is 13.7. The van der Waals surface area contributed by atoms with Crippen molar-refractivity contribution in [2.45, 2.75) is 70.6 Å². The van der Waals surface area contributed by atoms with E-state index in [4.69, 9.17) is 11.6 Å². The monoisotopic (exact) mass is 484 g/mol. The van der Waals surface area contributed by atoms with Crippen LogP contribution in [0.5, 0.6) is 0 Å². The molecule has 0 radical (unpaired) electrons. The lowest BCUT2D eigenvalue weighted by atomic mass is 9.96. The molecule has 34 heavy (non-hydrogen) atoms. The van der Waals surface area contributed by atoms with Crippen molar-refractivity contribution in [2.24, 2.45) is 0 Å². The SMILES string of the molecule is CC1CC(N2CCCC2)CCN1C(=O)N1Cc2c(NC(=O)c3ccc(Cl)cc3)n[nH]c2C1(C)C. The summed E-state index contributed by atoms with van der Waals surface area (Å²) in [6.45, 7) is 9.80. The fraction of sp³-hybridized carbons (Fsp3) is 0.560. The number of hydrogen-bond acceptors (Lipinski definition) is 4. The summed E-state index contributed by atoms with van der Waals surface area (Å²) in [4.78, 5) is 33.0. The van der Waals surface area contributed by atoms with E-state index in [2.05, 4.69) is 27.3 Å². The van der Waals surface area contributed by atoms with E-state index in [0.29, 0.717) is 29.0 Å². The first kappa shape index (κ1) is 23.2. The summed E-state index contributed by atoms with van der Waals surface area (Å²) < 4.78 is 0. The summed E-state index contributed by atoms with van der Waals surface area (Å²) in [5.74, 6) is 0.213. The lowest BCUT2D eigenvalue weighted by molar-refractivity contribution is 0.0609. The van der Waals surface area contributed by atoms with Gasteiger partial charge < -0.3 is 20.0 Å². The first-order valence-electron chi connectivity index (χ1n) is 12.2. The minimum absolute atomic E-state index is 0.0527. The van der Waals surface area contributed by atoms with Gasteiger partial charge in [0.05, 0.1) is 17.8 Å². The van der Waals surface area contributed by atoms with Gasteiger partial charge in [-0.1, -0.05) is 11.6 Å². The Labute approximate surface area is 205 Å². The van der Waals surface area contributed by atoms with Crippen LogP contribution in [0.15, 0.2) is 24.3 Å². The first-order chi connectivity index (χ1) is 16.3. The van der Waals surface area contributed by atoms with Crippen molar-refractivity contribution in [3.63, 3.8) is 0 Å². The zero-order chi connectivity index (χ0) is 24.0. The number of fused-ring (bicyclic) bond motifs is 1. The molecule has 3 aliphatic heterocycles. The number of piperidine rings is 1. The number of nitrogens with one attached hydrogen (secondary N) is 2. The fourth-order valence-corrected chi connectivity index (χ4v) is 5.86. The van der Waals surface area contributed by atoms with Gasteiger partial charge in [-0.3, -0.25) is 9.89 Å². The molecule has 2 fully saturated rings. The third-order valence-electron chi connectivity index (χ3n) is 7.79. The average Bonchev–Trinajstić information content (AvgIpc) is 3.53. The van der Waals surface area contributed by atoms with Crippen molar-refractivity contribution in [3.05, 3.63) is 46.1 Å². The Bertz CT molecular complexity index is 1080. The Kier molecular flexibility index (Phi) is 6.06. The number of likely N-dealkylation sites (tertiary alicyclic amines) is 2. The van der Waals surface area contributed by atoms with Gasteiger partial charge in [-0.2, -0.15) is 5.10 Å². The van der Waals surface area contributed by atoms with E-state index in [0.717, 1.165) is 30.6 Å². The Balaban J connectivity index is 1.29. The minimum atomic E-state index is -0.547. The molecule has 182 valence electrons. The number of H-pyrrole nitrogens is 1. The second-order valence-corrected chi connectivity index (χ2v) is 10.7. The van der Waals surface area contributed by atoms with Crippen LogP contribution >= 0.6 is 11.6 Å². The van der Waals surface area contributed by atoms with Gasteiger partial charge >= 0.3 is 6.03 Å². The number of carbonyl (C=O) groups is 2. The largest absolute Gasteiger partial charge is 0.322 e. The van der Waals surface area contributed by atoms with Crippen LogP contribution in [0.3, 0.4) is 0 Å². The third kappa shape index (κ3) is 4.07. The van der Waals surface area contributed by atoms with Crippen LogP contribution < -0.4 is 5.32 Å². The molecule has 0 aliphatic carbocycles. The van der Waals surface area contributed by atoms with E-state index >= 15 is 0 Å². The molecule has 2 aromatic rings. The van der Waals surface area contributed by atoms with Crippen LogP contribution in [0.1, 0.15) is 68.1 Å². The van der Waals surface area contributed by atoms with E-state index in [1.54, 1.807) is 24.3 Å². The molecular weight excluding hydrogens is 452 g/mol. The lowest BCUT2D eigenvalue weighted by Crippen LogP contribution is -2.56. The highest BCUT2D eigenvalue weighted by atomic mass is 35.5. The molecule has 2 N–H and O–H groups in total. The van der Waals surface area contributed by atoms with Crippen molar-refractivity contribution in [1.82, 2.24) is 24.9 Å². The standard InChI is InChI=1S/C25H33ClN6O2/c1-16-14-19(30-11-4-5-12-30)10-13-31(16)24(34)32-15-20-21(25(32,2)3)28-29-22(20)27-23(33)17-6-8-18(26)9-7-17/h6-9,16,19H,4-5,10-15H2,1-3H3,(H2,27,28,29,33). The molecule has 3 amide bonds. The average molecular weight is 485 g/mol. The zero-order valence-electron chi connectivity index (χ0n) is 20.1. The molecule has 2 saturated heterocycles. The van der Waals surface area contributed by atoms with Crippen LogP contribution in [-0.2, 0) is 12.1 Å². The van der Waals surface area contributed by atoms with Crippen molar-refractivity contribution < 1.29 is 9.59 Å². The van der Waals surface area contributed by atoms with Gasteiger partial charge in [-0.05, 0) is 83.8 Å². The van der Waals surface area contributed by atoms with Gasteiger partial charge in [0, 0.05) is 34.8 Å². The van der Waals surface area contributed by atoms with Gasteiger partial charge in [0.1, 0.15) is 0 Å². The summed E-state index contributed by atoms with van der Waals surface area (Å²) in [7, 11) is 0. The predicted octanol–water partition coefficient (Wildman–Crippen LogP) is 4.43. The quantitative estimate of drug-likeness (QED) is 0.674. The molecular formula is C25H33ClN6O2. The summed E-state index contributed by atoms with van der Waals surface area (Å²) >= 11 is 5.94. The summed E-state index contributed by atoms with van der Waals surface area (Å²) in [6.07, 6.45) is 4.63. The van der Waals surface area contributed by atoms with E-state index in [1.807, 2.05) is 23.6 Å². The number of aromatic amines is 1. The minimum Gasteiger partial charge on any atom is -0.322 e. The van der Waals surface area contributed by atoms with Crippen molar-refractivity contribution in [1.29, 1.82) is 0 Å². The number of benzene rings is 1. The van der Waals surface area contributed by atoms with Crippen molar-refractivity contribution in [3.8, 4) is 0 Å². The summed E-state index contributed by atoms with van der Waals surface area (Å²) in [5.41, 5.74) is 1.68. The third-order valence-corrected chi connectivity index (χ3v) is 8.04. The molecule has 4 heterocycles. The molecule has 8 nitrogen and oxygen atoms in total.